The van der Waals surface area contributed by atoms with Crippen LogP contribution in [-0.2, 0) is 9.47 Å². The van der Waals surface area contributed by atoms with Gasteiger partial charge in [-0.3, -0.25) is 0 Å². The summed E-state index contributed by atoms with van der Waals surface area (Å²) in [5.41, 5.74) is 0. The Morgan fingerprint density at radius 2 is 1.14 bits per heavy atom. The molecule has 2 heteroatoms. The van der Waals surface area contributed by atoms with Gasteiger partial charge in [-0.05, 0) is 24.7 Å². The van der Waals surface area contributed by atoms with Crippen molar-refractivity contribution >= 4 is 0 Å². The topological polar surface area (TPSA) is 18.5 Å². The highest BCUT2D eigenvalue weighted by Crippen LogP contribution is 2.25. The second-order valence-corrected chi connectivity index (χ2v) is 4.86. The van der Waals surface area contributed by atoms with Crippen LogP contribution in [0.5, 0.6) is 0 Å². The number of hydrogen-bond acceptors (Lipinski definition) is 2. The van der Waals surface area contributed by atoms with Crippen molar-refractivity contribution in [2.45, 2.75) is 46.8 Å². The summed E-state index contributed by atoms with van der Waals surface area (Å²) >= 11 is 0. The van der Waals surface area contributed by atoms with Gasteiger partial charge in [-0.25, -0.2) is 0 Å². The number of hydrogen-bond donors (Lipinski definition) is 0. The third-order valence-electron chi connectivity index (χ3n) is 2.40. The summed E-state index contributed by atoms with van der Waals surface area (Å²) in [6.45, 7) is 8.98. The first kappa shape index (κ1) is 13.9. The van der Waals surface area contributed by atoms with Crippen molar-refractivity contribution in [3.63, 3.8) is 0 Å². The summed E-state index contributed by atoms with van der Waals surface area (Å²) in [4.78, 5) is 0. The summed E-state index contributed by atoms with van der Waals surface area (Å²) < 4.78 is 10.7. The Morgan fingerprint density at radius 3 is 1.36 bits per heavy atom. The van der Waals surface area contributed by atoms with Crippen molar-refractivity contribution in [3.05, 3.63) is 0 Å². The Hall–Kier alpha value is -0.0800. The van der Waals surface area contributed by atoms with E-state index in [4.69, 9.17) is 9.47 Å². The molecule has 0 heterocycles. The lowest BCUT2D eigenvalue weighted by molar-refractivity contribution is -0.144. The predicted molar refractivity (Wildman–Crippen MR) is 60.2 cm³/mol. The van der Waals surface area contributed by atoms with Gasteiger partial charge in [0.25, 0.3) is 0 Å². The SMILES string of the molecule is COC(OC)C(CC(C)C)CC(C)C. The monoisotopic (exact) mass is 202 g/mol. The molecule has 86 valence electrons. The lowest BCUT2D eigenvalue weighted by Crippen LogP contribution is -2.27. The molecule has 0 aromatic rings. The molecule has 0 aliphatic heterocycles. The molecule has 0 amide bonds. The molecule has 0 fully saturated rings. The number of methoxy groups -OCH3 is 2. The zero-order valence-corrected chi connectivity index (χ0v) is 10.5. The number of rotatable bonds is 7. The minimum atomic E-state index is -0.0419. The Labute approximate surface area is 89.0 Å². The average Bonchev–Trinajstić information content (AvgIpc) is 2.03. The van der Waals surface area contributed by atoms with E-state index in [1.54, 1.807) is 14.2 Å². The van der Waals surface area contributed by atoms with Crippen LogP contribution in [0.3, 0.4) is 0 Å². The average molecular weight is 202 g/mol. The van der Waals surface area contributed by atoms with E-state index < -0.39 is 0 Å². The minimum absolute atomic E-state index is 0.0419. The highest BCUT2D eigenvalue weighted by atomic mass is 16.7. The van der Waals surface area contributed by atoms with Gasteiger partial charge in [0.1, 0.15) is 0 Å². The molecule has 0 aliphatic rings. The zero-order chi connectivity index (χ0) is 11.1. The maximum absolute atomic E-state index is 5.34. The summed E-state index contributed by atoms with van der Waals surface area (Å²) in [5.74, 6) is 1.92. The molecule has 0 bridgehead atoms. The first-order valence-corrected chi connectivity index (χ1v) is 5.56. The Bertz CT molecular complexity index is 118. The molecule has 2 nitrogen and oxygen atoms in total. The fourth-order valence-corrected chi connectivity index (χ4v) is 2.01. The van der Waals surface area contributed by atoms with Crippen LogP contribution in [0.2, 0.25) is 0 Å². The fourth-order valence-electron chi connectivity index (χ4n) is 2.01. The van der Waals surface area contributed by atoms with E-state index in [9.17, 15) is 0 Å². The van der Waals surface area contributed by atoms with Gasteiger partial charge in [0, 0.05) is 20.1 Å². The van der Waals surface area contributed by atoms with Gasteiger partial charge >= 0.3 is 0 Å². The van der Waals surface area contributed by atoms with Gasteiger partial charge in [0.05, 0.1) is 0 Å². The maximum atomic E-state index is 5.34. The Balaban J connectivity index is 4.20. The predicted octanol–water partition coefficient (Wildman–Crippen LogP) is 3.31. The molecule has 0 aromatic heterocycles. The van der Waals surface area contributed by atoms with E-state index in [1.165, 1.54) is 12.8 Å². The highest BCUT2D eigenvalue weighted by molar-refractivity contribution is 4.67. The van der Waals surface area contributed by atoms with Gasteiger partial charge in [0.2, 0.25) is 0 Å². The summed E-state index contributed by atoms with van der Waals surface area (Å²) in [6.07, 6.45) is 2.30. The third kappa shape index (κ3) is 5.61. The lowest BCUT2D eigenvalue weighted by Gasteiger charge is -2.27. The van der Waals surface area contributed by atoms with Crippen molar-refractivity contribution in [2.75, 3.05) is 14.2 Å². The van der Waals surface area contributed by atoms with Crippen LogP contribution in [0.15, 0.2) is 0 Å². The van der Waals surface area contributed by atoms with Gasteiger partial charge in [-0.15, -0.1) is 0 Å². The summed E-state index contributed by atoms with van der Waals surface area (Å²) in [5, 5.41) is 0. The van der Waals surface area contributed by atoms with Crippen LogP contribution in [0.4, 0.5) is 0 Å². The van der Waals surface area contributed by atoms with E-state index in [0.717, 1.165) is 0 Å². The molecule has 14 heavy (non-hydrogen) atoms. The van der Waals surface area contributed by atoms with Crippen LogP contribution < -0.4 is 0 Å². The van der Waals surface area contributed by atoms with Gasteiger partial charge < -0.3 is 9.47 Å². The fraction of sp³-hybridized carbons (Fsp3) is 1.00. The Kier molecular flexibility index (Phi) is 7.20. The van der Waals surface area contributed by atoms with Gasteiger partial charge in [0.15, 0.2) is 6.29 Å². The first-order chi connectivity index (χ1) is 6.51. The van der Waals surface area contributed by atoms with E-state index in [2.05, 4.69) is 27.7 Å². The molecule has 0 unspecified atom stereocenters. The first-order valence-electron chi connectivity index (χ1n) is 5.56. The molecule has 0 radical (unpaired) electrons. The van der Waals surface area contributed by atoms with Crippen molar-refractivity contribution < 1.29 is 9.47 Å². The van der Waals surface area contributed by atoms with Crippen LogP contribution in [0.25, 0.3) is 0 Å². The van der Waals surface area contributed by atoms with E-state index in [0.29, 0.717) is 17.8 Å². The van der Waals surface area contributed by atoms with Crippen molar-refractivity contribution in [2.24, 2.45) is 17.8 Å². The molecular formula is C12H26O2. The number of ether oxygens (including phenoxy) is 2. The van der Waals surface area contributed by atoms with E-state index in [1.807, 2.05) is 0 Å². The molecule has 0 rings (SSSR count). The zero-order valence-electron chi connectivity index (χ0n) is 10.5. The van der Waals surface area contributed by atoms with E-state index in [-0.39, 0.29) is 6.29 Å². The Morgan fingerprint density at radius 1 is 0.786 bits per heavy atom. The largest absolute Gasteiger partial charge is 0.356 e. The van der Waals surface area contributed by atoms with Crippen LogP contribution in [0.1, 0.15) is 40.5 Å². The third-order valence-corrected chi connectivity index (χ3v) is 2.40. The molecule has 0 N–H and O–H groups in total. The highest BCUT2D eigenvalue weighted by Gasteiger charge is 2.22. The van der Waals surface area contributed by atoms with E-state index >= 15 is 0 Å². The lowest BCUT2D eigenvalue weighted by atomic mass is 9.89. The minimum Gasteiger partial charge on any atom is -0.356 e. The van der Waals surface area contributed by atoms with Gasteiger partial charge in [-0.1, -0.05) is 27.7 Å². The van der Waals surface area contributed by atoms with Crippen molar-refractivity contribution in [1.82, 2.24) is 0 Å². The second-order valence-electron chi connectivity index (χ2n) is 4.86. The molecule has 0 atom stereocenters. The molecular weight excluding hydrogens is 176 g/mol. The second kappa shape index (κ2) is 7.24. The molecule has 0 saturated heterocycles. The molecule has 0 saturated carbocycles. The summed E-state index contributed by atoms with van der Waals surface area (Å²) in [6, 6.07) is 0. The maximum Gasteiger partial charge on any atom is 0.159 e. The quantitative estimate of drug-likeness (QED) is 0.590. The normalized spacial score (nSPS) is 12.4. The summed E-state index contributed by atoms with van der Waals surface area (Å²) in [7, 11) is 3.45. The van der Waals surface area contributed by atoms with Crippen molar-refractivity contribution in [3.8, 4) is 0 Å². The van der Waals surface area contributed by atoms with Crippen LogP contribution in [-0.4, -0.2) is 20.5 Å². The molecule has 0 aromatic carbocycles. The molecule has 0 aliphatic carbocycles. The smallest absolute Gasteiger partial charge is 0.159 e. The van der Waals surface area contributed by atoms with Crippen molar-refractivity contribution in [1.29, 1.82) is 0 Å². The molecule has 0 spiro atoms. The van der Waals surface area contributed by atoms with Gasteiger partial charge in [-0.2, -0.15) is 0 Å². The van der Waals surface area contributed by atoms with Crippen LogP contribution in [0, 0.1) is 17.8 Å². The van der Waals surface area contributed by atoms with Crippen LogP contribution >= 0.6 is 0 Å². The standard InChI is InChI=1S/C12H26O2/c1-9(2)7-11(8-10(3)4)12(13-5)14-6/h9-12H,7-8H2,1-6H3.